The molecule has 0 aliphatic heterocycles. The third-order valence-electron chi connectivity index (χ3n) is 3.63. The van der Waals surface area contributed by atoms with Crippen molar-refractivity contribution in [1.29, 1.82) is 0 Å². The largest absolute Gasteiger partial charge is 0.483 e. The average molecular weight is 305 g/mol. The molecule has 0 saturated carbocycles. The number of aryl methyl sites for hydroxylation is 1. The van der Waals surface area contributed by atoms with Gasteiger partial charge in [0, 0.05) is 17.5 Å². The van der Waals surface area contributed by atoms with Crippen molar-refractivity contribution in [3.8, 4) is 5.75 Å². The van der Waals surface area contributed by atoms with Crippen molar-refractivity contribution in [2.75, 3.05) is 6.61 Å². The first-order valence-electron chi connectivity index (χ1n) is 7.32. The van der Waals surface area contributed by atoms with E-state index in [2.05, 4.69) is 25.3 Å². The van der Waals surface area contributed by atoms with Crippen LogP contribution in [-0.4, -0.2) is 17.8 Å². The third-order valence-corrected chi connectivity index (χ3v) is 4.71. The van der Waals surface area contributed by atoms with Gasteiger partial charge < -0.3 is 15.6 Å². The van der Waals surface area contributed by atoms with Crippen LogP contribution in [0, 0.1) is 6.92 Å². The molecule has 21 heavy (non-hydrogen) atoms. The van der Waals surface area contributed by atoms with Gasteiger partial charge in [-0.1, -0.05) is 25.1 Å². The van der Waals surface area contributed by atoms with Gasteiger partial charge in [0.1, 0.15) is 11.9 Å². The van der Waals surface area contributed by atoms with Crippen molar-refractivity contribution >= 4 is 11.3 Å². The third kappa shape index (κ3) is 3.84. The molecule has 114 valence electrons. The van der Waals surface area contributed by atoms with Crippen LogP contribution in [0.3, 0.4) is 0 Å². The highest BCUT2D eigenvalue weighted by Gasteiger charge is 2.24. The molecule has 1 aromatic carbocycles. The van der Waals surface area contributed by atoms with Gasteiger partial charge in [0.05, 0.1) is 0 Å². The second-order valence-corrected chi connectivity index (χ2v) is 6.11. The normalized spacial score (nSPS) is 13.9. The van der Waals surface area contributed by atoms with E-state index >= 15 is 0 Å². The lowest BCUT2D eigenvalue weighted by Crippen LogP contribution is -2.31. The standard InChI is InChI=1S/C17H23NO2S/c1-3-14(18)16(17-12(2)9-11-21-17)20-15-7-5-4-6-13(15)8-10-19/h4-7,9,11,14,16,19H,3,8,10,18H2,1-2H3. The van der Waals surface area contributed by atoms with Gasteiger partial charge in [-0.2, -0.15) is 0 Å². The zero-order valence-corrected chi connectivity index (χ0v) is 13.4. The SMILES string of the molecule is CCC(N)C(Oc1ccccc1CCO)c1sccc1C. The van der Waals surface area contributed by atoms with Gasteiger partial charge in [-0.05, 0) is 48.4 Å². The summed E-state index contributed by atoms with van der Waals surface area (Å²) < 4.78 is 6.25. The fourth-order valence-electron chi connectivity index (χ4n) is 2.31. The van der Waals surface area contributed by atoms with Crippen LogP contribution in [0.1, 0.15) is 35.5 Å². The van der Waals surface area contributed by atoms with Crippen LogP contribution in [-0.2, 0) is 6.42 Å². The van der Waals surface area contributed by atoms with E-state index < -0.39 is 0 Å². The number of benzene rings is 1. The molecule has 2 atom stereocenters. The average Bonchev–Trinajstić information content (AvgIpc) is 2.92. The molecule has 0 amide bonds. The van der Waals surface area contributed by atoms with E-state index in [0.29, 0.717) is 6.42 Å². The highest BCUT2D eigenvalue weighted by atomic mass is 32.1. The summed E-state index contributed by atoms with van der Waals surface area (Å²) in [6, 6.07) is 9.89. The monoisotopic (exact) mass is 305 g/mol. The van der Waals surface area contributed by atoms with Gasteiger partial charge in [0.15, 0.2) is 0 Å². The van der Waals surface area contributed by atoms with Crippen LogP contribution in [0.5, 0.6) is 5.75 Å². The molecule has 2 unspecified atom stereocenters. The summed E-state index contributed by atoms with van der Waals surface area (Å²) in [6.45, 7) is 4.27. The van der Waals surface area contributed by atoms with E-state index in [1.165, 1.54) is 10.4 Å². The molecular formula is C17H23NO2S. The topological polar surface area (TPSA) is 55.5 Å². The highest BCUT2D eigenvalue weighted by Crippen LogP contribution is 2.32. The molecule has 3 nitrogen and oxygen atoms in total. The quantitative estimate of drug-likeness (QED) is 0.824. The first-order chi connectivity index (χ1) is 10.2. The Morgan fingerprint density at radius 3 is 2.67 bits per heavy atom. The van der Waals surface area contributed by atoms with E-state index in [0.717, 1.165) is 17.7 Å². The van der Waals surface area contributed by atoms with Crippen LogP contribution < -0.4 is 10.5 Å². The van der Waals surface area contributed by atoms with Crippen molar-refractivity contribution in [2.45, 2.75) is 38.8 Å². The number of aliphatic hydroxyl groups is 1. The molecule has 2 aromatic rings. The Bertz CT molecular complexity index is 567. The number of rotatable bonds is 7. The van der Waals surface area contributed by atoms with Gasteiger partial charge in [0.2, 0.25) is 0 Å². The fraction of sp³-hybridized carbons (Fsp3) is 0.412. The zero-order valence-electron chi connectivity index (χ0n) is 12.6. The van der Waals surface area contributed by atoms with Crippen molar-refractivity contribution in [2.24, 2.45) is 5.73 Å². The first-order valence-corrected chi connectivity index (χ1v) is 8.20. The van der Waals surface area contributed by atoms with E-state index in [1.807, 2.05) is 24.3 Å². The molecule has 0 bridgehead atoms. The van der Waals surface area contributed by atoms with Crippen LogP contribution in [0.15, 0.2) is 35.7 Å². The molecule has 3 N–H and O–H groups in total. The van der Waals surface area contributed by atoms with E-state index in [1.54, 1.807) is 11.3 Å². The molecule has 0 aliphatic rings. The molecule has 0 fully saturated rings. The zero-order chi connectivity index (χ0) is 15.2. The molecule has 0 spiro atoms. The second-order valence-electron chi connectivity index (χ2n) is 5.16. The Morgan fingerprint density at radius 2 is 2.05 bits per heavy atom. The van der Waals surface area contributed by atoms with Crippen molar-refractivity contribution in [3.05, 3.63) is 51.7 Å². The Morgan fingerprint density at radius 1 is 1.29 bits per heavy atom. The molecule has 4 heteroatoms. The molecule has 1 heterocycles. The van der Waals surface area contributed by atoms with Crippen LogP contribution in [0.4, 0.5) is 0 Å². The predicted octanol–water partition coefficient (Wildman–Crippen LogP) is 3.45. The van der Waals surface area contributed by atoms with Crippen LogP contribution in [0.25, 0.3) is 0 Å². The first kappa shape index (κ1) is 16.0. The Hall–Kier alpha value is -1.36. The number of para-hydroxylation sites is 1. The summed E-state index contributed by atoms with van der Waals surface area (Å²) in [7, 11) is 0. The lowest BCUT2D eigenvalue weighted by molar-refractivity contribution is 0.171. The second kappa shape index (κ2) is 7.59. The fourth-order valence-corrected chi connectivity index (χ4v) is 3.34. The number of aliphatic hydroxyl groups excluding tert-OH is 1. The lowest BCUT2D eigenvalue weighted by Gasteiger charge is -2.25. The summed E-state index contributed by atoms with van der Waals surface area (Å²) in [4.78, 5) is 1.18. The summed E-state index contributed by atoms with van der Waals surface area (Å²) in [5, 5.41) is 11.3. The Kier molecular flexibility index (Phi) is 5.79. The maximum absolute atomic E-state index is 9.18. The minimum Gasteiger partial charge on any atom is -0.483 e. The van der Waals surface area contributed by atoms with Gasteiger partial charge in [-0.25, -0.2) is 0 Å². The number of thiophene rings is 1. The Balaban J connectivity index is 2.30. The maximum atomic E-state index is 9.18. The lowest BCUT2D eigenvalue weighted by atomic mass is 10.0. The van der Waals surface area contributed by atoms with Gasteiger partial charge >= 0.3 is 0 Å². The highest BCUT2D eigenvalue weighted by molar-refractivity contribution is 7.10. The van der Waals surface area contributed by atoms with E-state index in [-0.39, 0.29) is 18.8 Å². The number of nitrogens with two attached hydrogens (primary N) is 1. The number of hydrogen-bond acceptors (Lipinski definition) is 4. The number of hydrogen-bond donors (Lipinski definition) is 2. The predicted molar refractivity (Wildman–Crippen MR) is 87.9 cm³/mol. The molecule has 2 rings (SSSR count). The molecule has 0 saturated heterocycles. The van der Waals surface area contributed by atoms with Crippen molar-refractivity contribution < 1.29 is 9.84 Å². The smallest absolute Gasteiger partial charge is 0.148 e. The van der Waals surface area contributed by atoms with Gasteiger partial charge in [-0.15, -0.1) is 11.3 Å². The van der Waals surface area contributed by atoms with E-state index in [9.17, 15) is 5.11 Å². The molecule has 0 aliphatic carbocycles. The van der Waals surface area contributed by atoms with Crippen molar-refractivity contribution in [1.82, 2.24) is 0 Å². The minimum atomic E-state index is -0.144. The minimum absolute atomic E-state index is 0.0514. The Labute approximate surface area is 130 Å². The summed E-state index contributed by atoms with van der Waals surface area (Å²) in [6.07, 6.45) is 1.30. The van der Waals surface area contributed by atoms with Crippen LogP contribution in [0.2, 0.25) is 0 Å². The maximum Gasteiger partial charge on any atom is 0.148 e. The van der Waals surface area contributed by atoms with Crippen molar-refractivity contribution in [3.63, 3.8) is 0 Å². The van der Waals surface area contributed by atoms with E-state index in [4.69, 9.17) is 10.5 Å². The number of ether oxygens (including phenoxy) is 1. The molecule has 0 radical (unpaired) electrons. The molecule has 1 aromatic heterocycles. The summed E-state index contributed by atoms with van der Waals surface area (Å²) >= 11 is 1.69. The summed E-state index contributed by atoms with van der Waals surface area (Å²) in [5.74, 6) is 0.813. The van der Waals surface area contributed by atoms with Gasteiger partial charge in [0.25, 0.3) is 0 Å². The summed E-state index contributed by atoms with van der Waals surface area (Å²) in [5.41, 5.74) is 8.51. The van der Waals surface area contributed by atoms with Gasteiger partial charge in [-0.3, -0.25) is 0 Å². The van der Waals surface area contributed by atoms with Crippen LogP contribution >= 0.6 is 11.3 Å². The molecular weight excluding hydrogens is 282 g/mol.